The second-order valence-corrected chi connectivity index (χ2v) is 10.3. The van der Waals surface area contributed by atoms with Crippen LogP contribution >= 0.6 is 0 Å². The number of anilines is 1. The Balaban J connectivity index is 0.00000307. The lowest BCUT2D eigenvalue weighted by Gasteiger charge is -2.25. The lowest BCUT2D eigenvalue weighted by Crippen LogP contribution is -2.19. The summed E-state index contributed by atoms with van der Waals surface area (Å²) in [6, 6.07) is 16.3. The van der Waals surface area contributed by atoms with Crippen molar-refractivity contribution < 1.29 is 14.3 Å². The molecule has 0 N–H and O–H groups in total. The molecule has 3 aromatic carbocycles. The van der Waals surface area contributed by atoms with E-state index in [4.69, 9.17) is 9.47 Å². The highest BCUT2D eigenvalue weighted by Gasteiger charge is 2.18. The number of likely N-dealkylation sites (N-methyl/N-ethyl adjacent to an activating group) is 1. The van der Waals surface area contributed by atoms with Gasteiger partial charge in [-0.1, -0.05) is 63.9 Å². The van der Waals surface area contributed by atoms with Crippen LogP contribution in [0, 0.1) is 0 Å². The fourth-order valence-corrected chi connectivity index (χ4v) is 5.12. The highest BCUT2D eigenvalue weighted by molar-refractivity contribution is 6.00. The van der Waals surface area contributed by atoms with Crippen molar-refractivity contribution in [3.05, 3.63) is 149 Å². The minimum atomic E-state index is -0.164. The Kier molecular flexibility index (Phi) is 12.9. The number of fused-ring (bicyclic) bond motifs is 2. The quantitative estimate of drug-likeness (QED) is 0.0450. The molecule has 0 amide bonds. The number of carbonyl (C=O) groups excluding carboxylic acids is 1. The number of benzene rings is 3. The molecule has 1 heterocycles. The third-order valence-corrected chi connectivity index (χ3v) is 7.64. The SMILES string of the molecule is C=C/C(N=C)=C(\C=C)OCc1cccc2c(=O)c3cc(N(C)C(=C)/C(C)=C\C=C/Oc4ccccc4N=C)c(C=O)cc3n(C)c12.CC. The van der Waals surface area contributed by atoms with E-state index < -0.39 is 0 Å². The number of aldehydes is 1. The van der Waals surface area contributed by atoms with Gasteiger partial charge >= 0.3 is 0 Å². The molecule has 0 bridgehead atoms. The number of nitrogens with zero attached hydrogens (tertiary/aromatic N) is 4. The summed E-state index contributed by atoms with van der Waals surface area (Å²) >= 11 is 0. The fraction of sp³-hybridized carbons (Fsp3) is 0.150. The zero-order chi connectivity index (χ0) is 35.4. The number of hydrogen-bond acceptors (Lipinski definition) is 7. The van der Waals surface area contributed by atoms with Gasteiger partial charge in [0.1, 0.15) is 23.8 Å². The van der Waals surface area contributed by atoms with Crippen LogP contribution in [0.3, 0.4) is 0 Å². The Hall–Kier alpha value is -6.02. The van der Waals surface area contributed by atoms with Crippen molar-refractivity contribution in [3.63, 3.8) is 0 Å². The maximum Gasteiger partial charge on any atom is 0.197 e. The topological polar surface area (TPSA) is 85.5 Å². The smallest absolute Gasteiger partial charge is 0.197 e. The predicted molar refractivity (Wildman–Crippen MR) is 202 cm³/mol. The van der Waals surface area contributed by atoms with Gasteiger partial charge in [-0.3, -0.25) is 19.6 Å². The molecule has 0 aliphatic carbocycles. The molecule has 4 rings (SSSR count). The predicted octanol–water partition coefficient (Wildman–Crippen LogP) is 9.15. The van der Waals surface area contributed by atoms with Gasteiger partial charge in [-0.25, -0.2) is 0 Å². The van der Waals surface area contributed by atoms with Crippen LogP contribution in [0.15, 0.2) is 142 Å². The summed E-state index contributed by atoms with van der Waals surface area (Å²) in [7, 11) is 3.67. The molecule has 0 spiro atoms. The molecule has 246 valence electrons. The zero-order valence-electron chi connectivity index (χ0n) is 28.3. The Bertz CT molecular complexity index is 2040. The fourth-order valence-electron chi connectivity index (χ4n) is 5.12. The van der Waals surface area contributed by atoms with Crippen molar-refractivity contribution in [3.8, 4) is 5.75 Å². The molecule has 0 unspecified atom stereocenters. The van der Waals surface area contributed by atoms with E-state index in [2.05, 4.69) is 43.2 Å². The average Bonchev–Trinajstić information content (AvgIpc) is 3.13. The number of rotatable bonds is 14. The highest BCUT2D eigenvalue weighted by atomic mass is 16.5. The number of hydrogen-bond donors (Lipinski definition) is 0. The number of pyridine rings is 1. The van der Waals surface area contributed by atoms with Crippen LogP contribution in [-0.4, -0.2) is 31.3 Å². The van der Waals surface area contributed by atoms with Gasteiger partial charge in [0, 0.05) is 41.7 Å². The zero-order valence-corrected chi connectivity index (χ0v) is 28.3. The van der Waals surface area contributed by atoms with Crippen LogP contribution in [-0.2, 0) is 18.4 Å². The average molecular weight is 643 g/mol. The van der Waals surface area contributed by atoms with Crippen LogP contribution in [0.25, 0.3) is 21.8 Å². The number of aryl methyl sites for hydroxylation is 1. The largest absolute Gasteiger partial charge is 0.487 e. The van der Waals surface area contributed by atoms with Gasteiger partial charge in [-0.2, -0.15) is 0 Å². The van der Waals surface area contributed by atoms with Crippen LogP contribution < -0.4 is 15.1 Å². The monoisotopic (exact) mass is 642 g/mol. The van der Waals surface area contributed by atoms with Gasteiger partial charge in [-0.05, 0) is 74.5 Å². The third-order valence-electron chi connectivity index (χ3n) is 7.64. The van der Waals surface area contributed by atoms with Gasteiger partial charge in [0.15, 0.2) is 17.5 Å². The Morgan fingerprint density at radius 1 is 1.02 bits per heavy atom. The summed E-state index contributed by atoms with van der Waals surface area (Å²) in [6.07, 6.45) is 8.99. The van der Waals surface area contributed by atoms with E-state index >= 15 is 0 Å². The Morgan fingerprint density at radius 2 is 1.75 bits per heavy atom. The number of para-hydroxylation sites is 3. The van der Waals surface area contributed by atoms with Gasteiger partial charge in [0.05, 0.1) is 23.0 Å². The summed E-state index contributed by atoms with van der Waals surface area (Å²) < 4.78 is 13.6. The number of allylic oxidation sites excluding steroid dienone is 5. The lowest BCUT2D eigenvalue weighted by atomic mass is 10.0. The van der Waals surface area contributed by atoms with E-state index in [0.29, 0.717) is 61.6 Å². The first-order chi connectivity index (χ1) is 23.2. The maximum atomic E-state index is 13.9. The van der Waals surface area contributed by atoms with Crippen LogP contribution in [0.5, 0.6) is 5.75 Å². The first kappa shape index (κ1) is 36.4. The first-order valence-electron chi connectivity index (χ1n) is 15.3. The second kappa shape index (κ2) is 17.1. The van der Waals surface area contributed by atoms with Crippen molar-refractivity contribution in [2.24, 2.45) is 17.0 Å². The van der Waals surface area contributed by atoms with E-state index in [0.717, 1.165) is 17.4 Å². The number of carbonyl (C=O) groups is 1. The Labute approximate surface area is 282 Å². The molecule has 0 fully saturated rings. The molecule has 0 aliphatic heterocycles. The van der Waals surface area contributed by atoms with Crippen LogP contribution in [0.2, 0.25) is 0 Å². The minimum Gasteiger partial charge on any atom is -0.487 e. The van der Waals surface area contributed by atoms with Crippen LogP contribution in [0.1, 0.15) is 36.7 Å². The highest BCUT2D eigenvalue weighted by Crippen LogP contribution is 2.31. The summed E-state index contributed by atoms with van der Waals surface area (Å²) in [4.78, 5) is 36.0. The summed E-state index contributed by atoms with van der Waals surface area (Å²) in [6.45, 7) is 24.9. The van der Waals surface area contributed by atoms with Gasteiger partial charge < -0.3 is 18.9 Å². The molecule has 0 radical (unpaired) electrons. The molecule has 4 aromatic rings. The summed E-state index contributed by atoms with van der Waals surface area (Å²) in [5, 5.41) is 0.987. The molecule has 8 nitrogen and oxygen atoms in total. The number of aromatic nitrogens is 1. The molecular weight excluding hydrogens is 600 g/mol. The molecule has 48 heavy (non-hydrogen) atoms. The van der Waals surface area contributed by atoms with Gasteiger partial charge in [0.2, 0.25) is 0 Å². The first-order valence-corrected chi connectivity index (χ1v) is 15.3. The number of ether oxygens (including phenoxy) is 2. The van der Waals surface area contributed by atoms with Crippen molar-refractivity contribution >= 4 is 52.9 Å². The summed E-state index contributed by atoms with van der Waals surface area (Å²) in [5.41, 5.74) is 5.43. The van der Waals surface area contributed by atoms with Crippen molar-refractivity contribution in [2.75, 3.05) is 11.9 Å². The lowest BCUT2D eigenvalue weighted by molar-refractivity contribution is 0.112. The van der Waals surface area contributed by atoms with E-state index in [-0.39, 0.29) is 12.0 Å². The van der Waals surface area contributed by atoms with E-state index in [9.17, 15) is 9.59 Å². The van der Waals surface area contributed by atoms with Gasteiger partial charge in [0.25, 0.3) is 0 Å². The molecule has 0 atom stereocenters. The molecule has 0 aliphatic rings. The minimum absolute atomic E-state index is 0.147. The summed E-state index contributed by atoms with van der Waals surface area (Å²) in [5.74, 6) is 1.01. The molecule has 1 aromatic heterocycles. The standard InChI is InChI=1S/C38H36N4O4.C2H6/c1-9-31(39-5)35(10-2)46-24-27-16-13-17-29-37(27)42(8)34-21-28(23-43)33(22-30(34)38(29)44)41(7)26(4)25(3)15-14-20-45-36-19-12-11-18-32(36)40-6;1-2/h9-23H,1-2,4-6,24H2,3,7-8H3;1-2H3/b20-14-,25-15-,35-31-;. The van der Waals surface area contributed by atoms with E-state index in [1.54, 1.807) is 48.6 Å². The second-order valence-electron chi connectivity index (χ2n) is 10.3. The third kappa shape index (κ3) is 7.67. The maximum absolute atomic E-state index is 13.9. The van der Waals surface area contributed by atoms with Crippen molar-refractivity contribution in [1.29, 1.82) is 0 Å². The van der Waals surface area contributed by atoms with E-state index in [1.807, 2.05) is 68.8 Å². The molecule has 0 saturated heterocycles. The van der Waals surface area contributed by atoms with Crippen molar-refractivity contribution in [1.82, 2.24) is 4.57 Å². The van der Waals surface area contributed by atoms with E-state index in [1.165, 1.54) is 12.2 Å². The normalized spacial score (nSPS) is 11.6. The molecular formula is C40H42N4O4. The van der Waals surface area contributed by atoms with Gasteiger partial charge in [-0.15, -0.1) is 0 Å². The van der Waals surface area contributed by atoms with Crippen molar-refractivity contribution in [2.45, 2.75) is 27.4 Å². The van der Waals surface area contributed by atoms with Crippen LogP contribution in [0.4, 0.5) is 11.4 Å². The molecule has 8 heteroatoms. The number of aliphatic imine (C=N–C) groups is 2. The Morgan fingerprint density at radius 3 is 2.40 bits per heavy atom. The molecule has 0 saturated carbocycles.